The number of aromatic hydroxyl groups is 1. The first-order valence-corrected chi connectivity index (χ1v) is 8.78. The molecule has 0 bridgehead atoms. The van der Waals surface area contributed by atoms with Crippen LogP contribution in [-0.4, -0.2) is 51.4 Å². The Morgan fingerprint density at radius 1 is 1.23 bits per heavy atom. The SMILES string of the molecule is CCN(CC)CCN=C(C)c1c(O)n(-c2ccccc2C)c(=O)[nH]c1=O. The Labute approximate surface area is 152 Å². The first-order valence-electron chi connectivity index (χ1n) is 8.78. The van der Waals surface area contributed by atoms with Crippen LogP contribution in [0.3, 0.4) is 0 Å². The van der Waals surface area contributed by atoms with Gasteiger partial charge in [-0.2, -0.15) is 0 Å². The van der Waals surface area contributed by atoms with Gasteiger partial charge in [0.25, 0.3) is 5.56 Å². The predicted octanol–water partition coefficient (Wildman–Crippen LogP) is 1.69. The summed E-state index contributed by atoms with van der Waals surface area (Å²) in [5.74, 6) is -0.392. The zero-order valence-corrected chi connectivity index (χ0v) is 15.7. The molecule has 0 radical (unpaired) electrons. The lowest BCUT2D eigenvalue weighted by molar-refractivity contribution is 0.313. The summed E-state index contributed by atoms with van der Waals surface area (Å²) in [5.41, 5.74) is 0.427. The molecule has 2 aromatic rings. The molecule has 7 heteroatoms. The Hall–Kier alpha value is -2.67. The number of H-pyrrole nitrogens is 1. The van der Waals surface area contributed by atoms with Crippen LogP contribution in [0.4, 0.5) is 0 Å². The number of hydrogen-bond acceptors (Lipinski definition) is 5. The van der Waals surface area contributed by atoms with E-state index in [1.54, 1.807) is 19.1 Å². The molecule has 0 amide bonds. The Morgan fingerprint density at radius 2 is 1.88 bits per heavy atom. The van der Waals surface area contributed by atoms with Gasteiger partial charge in [-0.1, -0.05) is 32.0 Å². The largest absolute Gasteiger partial charge is 0.493 e. The molecule has 0 unspecified atom stereocenters. The molecule has 0 aliphatic heterocycles. The third kappa shape index (κ3) is 4.11. The maximum atomic E-state index is 12.3. The number of aliphatic imine (C=N–C) groups is 1. The van der Waals surface area contributed by atoms with Gasteiger partial charge in [0.2, 0.25) is 5.88 Å². The van der Waals surface area contributed by atoms with Crippen molar-refractivity contribution in [2.75, 3.05) is 26.2 Å². The zero-order valence-electron chi connectivity index (χ0n) is 15.7. The molecule has 1 aromatic carbocycles. The Bertz CT molecular complexity index is 908. The molecule has 0 aliphatic rings. The van der Waals surface area contributed by atoms with E-state index in [2.05, 4.69) is 28.7 Å². The molecule has 0 saturated heterocycles. The summed E-state index contributed by atoms with van der Waals surface area (Å²) < 4.78 is 1.11. The molecule has 2 N–H and O–H groups in total. The first-order chi connectivity index (χ1) is 12.4. The number of nitrogens with zero attached hydrogens (tertiary/aromatic N) is 3. The van der Waals surface area contributed by atoms with Crippen LogP contribution in [0.15, 0.2) is 38.8 Å². The summed E-state index contributed by atoms with van der Waals surface area (Å²) in [6.07, 6.45) is 0. The van der Waals surface area contributed by atoms with Gasteiger partial charge in [-0.15, -0.1) is 0 Å². The highest BCUT2D eigenvalue weighted by Gasteiger charge is 2.18. The van der Waals surface area contributed by atoms with Gasteiger partial charge in [0.15, 0.2) is 0 Å². The Morgan fingerprint density at radius 3 is 2.50 bits per heavy atom. The normalized spacial score (nSPS) is 12.0. The maximum Gasteiger partial charge on any atom is 0.335 e. The van der Waals surface area contributed by atoms with Crippen molar-refractivity contribution < 1.29 is 5.11 Å². The van der Waals surface area contributed by atoms with Gasteiger partial charge in [-0.3, -0.25) is 14.8 Å². The van der Waals surface area contributed by atoms with E-state index in [9.17, 15) is 14.7 Å². The van der Waals surface area contributed by atoms with Crippen molar-refractivity contribution in [3.05, 3.63) is 56.2 Å². The average molecular weight is 358 g/mol. The number of aryl methyl sites for hydroxylation is 1. The summed E-state index contributed by atoms with van der Waals surface area (Å²) in [6, 6.07) is 7.15. The Kier molecular flexibility index (Phi) is 6.52. The minimum atomic E-state index is -0.679. The van der Waals surface area contributed by atoms with Gasteiger partial charge < -0.3 is 10.0 Å². The molecule has 7 nitrogen and oxygen atoms in total. The smallest absolute Gasteiger partial charge is 0.335 e. The lowest BCUT2D eigenvalue weighted by atomic mass is 10.1. The molecule has 0 saturated carbocycles. The molecule has 2 rings (SSSR count). The fourth-order valence-electron chi connectivity index (χ4n) is 2.87. The number of benzene rings is 1. The van der Waals surface area contributed by atoms with Crippen LogP contribution in [0.5, 0.6) is 5.88 Å². The van der Waals surface area contributed by atoms with E-state index in [0.29, 0.717) is 17.9 Å². The number of rotatable bonds is 7. The molecule has 26 heavy (non-hydrogen) atoms. The van der Waals surface area contributed by atoms with E-state index >= 15 is 0 Å². The van der Waals surface area contributed by atoms with E-state index in [4.69, 9.17) is 0 Å². The van der Waals surface area contributed by atoms with Crippen LogP contribution in [0.1, 0.15) is 31.9 Å². The number of hydrogen-bond donors (Lipinski definition) is 2. The van der Waals surface area contributed by atoms with E-state index in [1.807, 2.05) is 19.1 Å². The lowest BCUT2D eigenvalue weighted by Crippen LogP contribution is -2.33. The molecule has 0 atom stereocenters. The molecule has 1 heterocycles. The highest BCUT2D eigenvalue weighted by atomic mass is 16.3. The van der Waals surface area contributed by atoms with Crippen molar-refractivity contribution in [3.63, 3.8) is 0 Å². The van der Waals surface area contributed by atoms with Crippen molar-refractivity contribution in [1.82, 2.24) is 14.5 Å². The van der Waals surface area contributed by atoms with E-state index in [1.165, 1.54) is 0 Å². The Balaban J connectivity index is 2.47. The number of aromatic nitrogens is 2. The van der Waals surface area contributed by atoms with Crippen LogP contribution in [0.2, 0.25) is 0 Å². The van der Waals surface area contributed by atoms with Gasteiger partial charge in [-0.05, 0) is 38.6 Å². The minimum absolute atomic E-state index is 0.0207. The van der Waals surface area contributed by atoms with Crippen molar-refractivity contribution in [1.29, 1.82) is 0 Å². The third-order valence-corrected chi connectivity index (χ3v) is 4.46. The van der Waals surface area contributed by atoms with Gasteiger partial charge >= 0.3 is 5.69 Å². The summed E-state index contributed by atoms with van der Waals surface area (Å²) in [5, 5.41) is 10.7. The van der Waals surface area contributed by atoms with Gasteiger partial charge in [0.1, 0.15) is 5.56 Å². The van der Waals surface area contributed by atoms with Gasteiger partial charge in [0.05, 0.1) is 12.2 Å². The van der Waals surface area contributed by atoms with Crippen molar-refractivity contribution in [2.24, 2.45) is 4.99 Å². The monoisotopic (exact) mass is 358 g/mol. The van der Waals surface area contributed by atoms with Crippen LogP contribution in [0.25, 0.3) is 5.69 Å². The maximum absolute atomic E-state index is 12.3. The van der Waals surface area contributed by atoms with E-state index < -0.39 is 17.1 Å². The van der Waals surface area contributed by atoms with Crippen LogP contribution in [0, 0.1) is 6.92 Å². The third-order valence-electron chi connectivity index (χ3n) is 4.46. The lowest BCUT2D eigenvalue weighted by Gasteiger charge is -2.16. The zero-order chi connectivity index (χ0) is 19.3. The number of para-hydroxylation sites is 1. The number of aromatic amines is 1. The number of nitrogens with one attached hydrogen (secondary N) is 1. The topological polar surface area (TPSA) is 90.7 Å². The fraction of sp³-hybridized carbons (Fsp3) is 0.421. The summed E-state index contributed by atoms with van der Waals surface area (Å²) in [6.45, 7) is 10.8. The minimum Gasteiger partial charge on any atom is -0.493 e. The van der Waals surface area contributed by atoms with Gasteiger partial charge in [-0.25, -0.2) is 9.36 Å². The molecule has 0 spiro atoms. The van der Waals surface area contributed by atoms with Crippen molar-refractivity contribution in [2.45, 2.75) is 27.7 Å². The molecular formula is C19H26N4O3. The first kappa shape index (κ1) is 19.7. The fourth-order valence-corrected chi connectivity index (χ4v) is 2.87. The van der Waals surface area contributed by atoms with Crippen molar-refractivity contribution >= 4 is 5.71 Å². The molecule has 1 aromatic heterocycles. The van der Waals surface area contributed by atoms with Crippen LogP contribution in [-0.2, 0) is 0 Å². The van der Waals surface area contributed by atoms with Crippen molar-refractivity contribution in [3.8, 4) is 11.6 Å². The molecule has 140 valence electrons. The second-order valence-corrected chi connectivity index (χ2v) is 6.07. The molecular weight excluding hydrogens is 332 g/mol. The molecule has 0 fully saturated rings. The summed E-state index contributed by atoms with van der Waals surface area (Å²) in [7, 11) is 0. The predicted molar refractivity (Wildman–Crippen MR) is 104 cm³/mol. The van der Waals surface area contributed by atoms with Crippen LogP contribution >= 0.6 is 0 Å². The number of likely N-dealkylation sites (N-methyl/N-ethyl adjacent to an activating group) is 1. The quantitative estimate of drug-likeness (QED) is 0.737. The van der Waals surface area contributed by atoms with Crippen LogP contribution < -0.4 is 11.2 Å². The second kappa shape index (κ2) is 8.62. The second-order valence-electron chi connectivity index (χ2n) is 6.07. The van der Waals surface area contributed by atoms with Gasteiger partial charge in [0, 0.05) is 12.3 Å². The molecule has 0 aliphatic carbocycles. The highest BCUT2D eigenvalue weighted by molar-refractivity contribution is 6.00. The van der Waals surface area contributed by atoms with E-state index in [-0.39, 0.29) is 5.56 Å². The summed E-state index contributed by atoms with van der Waals surface area (Å²) in [4.78, 5) is 33.4. The summed E-state index contributed by atoms with van der Waals surface area (Å²) >= 11 is 0. The van der Waals surface area contributed by atoms with E-state index in [0.717, 1.165) is 29.8 Å². The standard InChI is InChI=1S/C19H26N4O3/c1-5-22(6-2)12-11-20-14(4)16-17(24)21-19(26)23(18(16)25)15-10-8-7-9-13(15)3/h7-10,25H,5-6,11-12H2,1-4H3,(H,21,24,26). The average Bonchev–Trinajstić information content (AvgIpc) is 2.60. The highest BCUT2D eigenvalue weighted by Crippen LogP contribution is 2.19.